The molecule has 1 aromatic heterocycles. The Labute approximate surface area is 105 Å². The van der Waals surface area contributed by atoms with E-state index in [9.17, 15) is 10.1 Å². The lowest BCUT2D eigenvalue weighted by Gasteiger charge is -2.18. The Morgan fingerprint density at radius 1 is 1.61 bits per heavy atom. The fraction of sp³-hybridized carbons (Fsp3) is 0.500. The number of ether oxygens (including phenoxy) is 1. The number of nitrogens with zero attached hydrogens (tertiary/aromatic N) is 3. The van der Waals surface area contributed by atoms with Crippen molar-refractivity contribution < 1.29 is 9.66 Å². The second kappa shape index (κ2) is 6.72. The van der Waals surface area contributed by atoms with Gasteiger partial charge in [-0.1, -0.05) is 0 Å². The van der Waals surface area contributed by atoms with E-state index in [2.05, 4.69) is 10.4 Å². The summed E-state index contributed by atoms with van der Waals surface area (Å²) in [5.41, 5.74) is 2.27. The summed E-state index contributed by atoms with van der Waals surface area (Å²) >= 11 is 0. The van der Waals surface area contributed by atoms with Gasteiger partial charge in [0, 0.05) is 27.3 Å². The summed E-state index contributed by atoms with van der Waals surface area (Å²) in [6, 6.07) is 2.69. The van der Waals surface area contributed by atoms with Crippen LogP contribution in [0.1, 0.15) is 6.42 Å². The van der Waals surface area contributed by atoms with Crippen molar-refractivity contribution in [2.45, 2.75) is 6.42 Å². The Morgan fingerprint density at radius 3 is 2.89 bits per heavy atom. The van der Waals surface area contributed by atoms with Crippen molar-refractivity contribution in [2.24, 2.45) is 5.84 Å². The summed E-state index contributed by atoms with van der Waals surface area (Å²) in [5.74, 6) is 5.99. The summed E-state index contributed by atoms with van der Waals surface area (Å²) in [5, 5.41) is 10.8. The van der Waals surface area contributed by atoms with Gasteiger partial charge in [0.25, 0.3) is 5.69 Å². The first-order chi connectivity index (χ1) is 8.58. The van der Waals surface area contributed by atoms with Crippen LogP contribution >= 0.6 is 0 Å². The molecule has 0 saturated heterocycles. The van der Waals surface area contributed by atoms with Crippen LogP contribution in [0.4, 0.5) is 17.3 Å². The van der Waals surface area contributed by atoms with E-state index in [1.165, 1.54) is 12.1 Å². The fourth-order valence-corrected chi connectivity index (χ4v) is 1.44. The largest absolute Gasteiger partial charge is 0.385 e. The molecule has 0 bridgehead atoms. The summed E-state index contributed by atoms with van der Waals surface area (Å²) < 4.78 is 4.95. The molecule has 100 valence electrons. The molecule has 0 unspecified atom stereocenters. The SMILES string of the molecule is COCCCN(C)c1cc([N+](=O)[O-])cc(NN)n1. The maximum Gasteiger partial charge on any atom is 0.276 e. The number of nitro groups is 1. The van der Waals surface area contributed by atoms with Gasteiger partial charge in [-0.3, -0.25) is 10.1 Å². The highest BCUT2D eigenvalue weighted by Crippen LogP contribution is 2.22. The number of hydrogen-bond acceptors (Lipinski definition) is 7. The zero-order chi connectivity index (χ0) is 13.5. The van der Waals surface area contributed by atoms with Crippen LogP contribution in [-0.2, 0) is 4.74 Å². The Morgan fingerprint density at radius 2 is 2.33 bits per heavy atom. The van der Waals surface area contributed by atoms with E-state index in [1.807, 2.05) is 11.9 Å². The molecule has 0 aliphatic rings. The molecule has 1 rings (SSSR count). The number of rotatable bonds is 7. The van der Waals surface area contributed by atoms with Crippen LogP contribution in [0.25, 0.3) is 0 Å². The molecule has 0 fully saturated rings. The maximum atomic E-state index is 10.8. The predicted octanol–water partition coefficient (Wildman–Crippen LogP) is 0.748. The Hall–Kier alpha value is -1.93. The lowest BCUT2D eigenvalue weighted by atomic mass is 10.3. The van der Waals surface area contributed by atoms with Gasteiger partial charge in [0.2, 0.25) is 0 Å². The average molecular weight is 255 g/mol. The minimum absolute atomic E-state index is 0.0495. The van der Waals surface area contributed by atoms with Gasteiger partial charge in [-0.2, -0.15) is 0 Å². The number of pyridine rings is 1. The molecule has 0 radical (unpaired) electrons. The van der Waals surface area contributed by atoms with Crippen molar-refractivity contribution in [1.82, 2.24) is 4.98 Å². The number of nitrogens with two attached hydrogens (primary N) is 1. The molecular weight excluding hydrogens is 238 g/mol. The van der Waals surface area contributed by atoms with Crippen molar-refractivity contribution in [1.29, 1.82) is 0 Å². The summed E-state index contributed by atoms with van der Waals surface area (Å²) in [6.07, 6.45) is 0.808. The molecule has 18 heavy (non-hydrogen) atoms. The van der Waals surface area contributed by atoms with E-state index in [1.54, 1.807) is 7.11 Å². The molecule has 0 spiro atoms. The quantitative estimate of drug-likeness (QED) is 0.320. The topological polar surface area (TPSA) is 107 Å². The van der Waals surface area contributed by atoms with E-state index < -0.39 is 4.92 Å². The Bertz CT molecular complexity index is 412. The van der Waals surface area contributed by atoms with Gasteiger partial charge in [0.1, 0.15) is 11.6 Å². The third-order valence-corrected chi connectivity index (χ3v) is 2.39. The normalized spacial score (nSPS) is 10.2. The Balaban J connectivity index is 2.86. The van der Waals surface area contributed by atoms with Gasteiger partial charge in [0.05, 0.1) is 17.1 Å². The average Bonchev–Trinajstić information content (AvgIpc) is 2.38. The second-order valence-electron chi connectivity index (χ2n) is 3.74. The number of methoxy groups -OCH3 is 1. The van der Waals surface area contributed by atoms with Gasteiger partial charge >= 0.3 is 0 Å². The van der Waals surface area contributed by atoms with E-state index >= 15 is 0 Å². The van der Waals surface area contributed by atoms with Crippen LogP contribution in [0, 0.1) is 10.1 Å². The van der Waals surface area contributed by atoms with Crippen LogP contribution < -0.4 is 16.2 Å². The van der Waals surface area contributed by atoms with Gasteiger partial charge in [0.15, 0.2) is 0 Å². The first kappa shape index (κ1) is 14.1. The molecule has 0 aromatic carbocycles. The van der Waals surface area contributed by atoms with Crippen LogP contribution in [0.2, 0.25) is 0 Å². The second-order valence-corrected chi connectivity index (χ2v) is 3.74. The lowest BCUT2D eigenvalue weighted by molar-refractivity contribution is -0.384. The minimum atomic E-state index is -0.477. The molecule has 1 heterocycles. The molecule has 0 saturated carbocycles. The summed E-state index contributed by atoms with van der Waals surface area (Å²) in [4.78, 5) is 16.3. The van der Waals surface area contributed by atoms with Crippen molar-refractivity contribution in [3.8, 4) is 0 Å². The molecule has 0 amide bonds. The molecule has 8 nitrogen and oxygen atoms in total. The van der Waals surface area contributed by atoms with E-state index in [4.69, 9.17) is 10.6 Å². The molecular formula is C10H17N5O3. The van der Waals surface area contributed by atoms with Crippen molar-refractivity contribution in [3.63, 3.8) is 0 Å². The van der Waals surface area contributed by atoms with Gasteiger partial charge < -0.3 is 15.1 Å². The van der Waals surface area contributed by atoms with E-state index in [0.717, 1.165) is 6.42 Å². The van der Waals surface area contributed by atoms with Gasteiger partial charge in [-0.25, -0.2) is 10.8 Å². The van der Waals surface area contributed by atoms with E-state index in [0.29, 0.717) is 19.0 Å². The Kier molecular flexibility index (Phi) is 5.28. The van der Waals surface area contributed by atoms with Crippen LogP contribution in [0.5, 0.6) is 0 Å². The molecule has 1 aromatic rings. The first-order valence-electron chi connectivity index (χ1n) is 5.41. The number of hydrogen-bond donors (Lipinski definition) is 2. The monoisotopic (exact) mass is 255 g/mol. The standard InChI is InChI=1S/C10H17N5O3/c1-14(4-3-5-18-2)10-7-8(15(16)17)6-9(12-10)13-11/h6-7H,3-5,11H2,1-2H3,(H,12,13). The molecule has 0 aliphatic carbocycles. The first-order valence-corrected chi connectivity index (χ1v) is 5.41. The van der Waals surface area contributed by atoms with Crippen molar-refractivity contribution in [2.75, 3.05) is 37.6 Å². The number of anilines is 2. The highest BCUT2D eigenvalue weighted by molar-refractivity contribution is 5.55. The predicted molar refractivity (Wildman–Crippen MR) is 68.5 cm³/mol. The molecule has 0 atom stereocenters. The molecule has 8 heteroatoms. The zero-order valence-electron chi connectivity index (χ0n) is 10.4. The highest BCUT2D eigenvalue weighted by atomic mass is 16.6. The minimum Gasteiger partial charge on any atom is -0.385 e. The summed E-state index contributed by atoms with van der Waals surface area (Å²) in [7, 11) is 3.43. The smallest absolute Gasteiger partial charge is 0.276 e. The molecule has 3 N–H and O–H groups in total. The van der Waals surface area contributed by atoms with Crippen LogP contribution in [0.15, 0.2) is 12.1 Å². The van der Waals surface area contributed by atoms with E-state index in [-0.39, 0.29) is 11.5 Å². The van der Waals surface area contributed by atoms with Crippen molar-refractivity contribution >= 4 is 17.3 Å². The molecule has 0 aliphatic heterocycles. The number of hydrazine groups is 1. The zero-order valence-corrected chi connectivity index (χ0v) is 10.4. The van der Waals surface area contributed by atoms with Crippen molar-refractivity contribution in [3.05, 3.63) is 22.2 Å². The summed E-state index contributed by atoms with van der Waals surface area (Å²) in [6.45, 7) is 1.31. The van der Waals surface area contributed by atoms with Gasteiger partial charge in [-0.15, -0.1) is 0 Å². The highest BCUT2D eigenvalue weighted by Gasteiger charge is 2.13. The third-order valence-electron chi connectivity index (χ3n) is 2.39. The third kappa shape index (κ3) is 3.82. The number of aromatic nitrogens is 1. The number of nitrogens with one attached hydrogen (secondary N) is 1. The van der Waals surface area contributed by atoms with Crippen LogP contribution in [0.3, 0.4) is 0 Å². The lowest BCUT2D eigenvalue weighted by Crippen LogP contribution is -2.22. The fourth-order valence-electron chi connectivity index (χ4n) is 1.44. The maximum absolute atomic E-state index is 10.8. The van der Waals surface area contributed by atoms with Gasteiger partial charge in [-0.05, 0) is 6.42 Å². The number of nitrogen functional groups attached to an aromatic ring is 1. The van der Waals surface area contributed by atoms with Crippen LogP contribution in [-0.4, -0.2) is 37.2 Å².